The van der Waals surface area contributed by atoms with Gasteiger partial charge in [-0.1, -0.05) is 23.4 Å². The predicted octanol–water partition coefficient (Wildman–Crippen LogP) is 2.93. The Morgan fingerprint density at radius 2 is 2.06 bits per heavy atom. The fraction of sp³-hybridized carbons (Fsp3) is 0.273. The van der Waals surface area contributed by atoms with Crippen molar-refractivity contribution in [3.63, 3.8) is 0 Å². The normalized spacial score (nSPS) is 10.8. The van der Waals surface area contributed by atoms with Crippen LogP contribution in [0.1, 0.15) is 11.1 Å². The average Bonchev–Trinajstić information content (AvgIpc) is 2.19. The Balaban J connectivity index is 2.98. The van der Waals surface area contributed by atoms with E-state index in [1.807, 2.05) is 0 Å². The molecule has 0 fully saturated rings. The molecule has 0 aliphatic heterocycles. The third-order valence-electron chi connectivity index (χ3n) is 1.78. The second kappa shape index (κ2) is 5.24. The van der Waals surface area contributed by atoms with E-state index < -0.39 is 11.7 Å². The first-order chi connectivity index (χ1) is 7.45. The summed E-state index contributed by atoms with van der Waals surface area (Å²) in [4.78, 5) is 0. The molecule has 0 saturated carbocycles. The van der Waals surface area contributed by atoms with E-state index in [-0.39, 0.29) is 5.02 Å². The molecule has 1 aromatic rings. The van der Waals surface area contributed by atoms with Gasteiger partial charge in [0.1, 0.15) is 0 Å². The monoisotopic (exact) mass is 247 g/mol. The lowest BCUT2D eigenvalue weighted by molar-refractivity contribution is -0.137. The van der Waals surface area contributed by atoms with E-state index in [1.165, 1.54) is 6.07 Å². The van der Waals surface area contributed by atoms with Gasteiger partial charge in [-0.05, 0) is 25.2 Å². The van der Waals surface area contributed by atoms with Crippen molar-refractivity contribution in [2.75, 3.05) is 13.6 Å². The van der Waals surface area contributed by atoms with Gasteiger partial charge in [0.2, 0.25) is 0 Å². The third kappa shape index (κ3) is 3.44. The molecule has 1 nitrogen and oxygen atoms in total. The highest BCUT2D eigenvalue weighted by molar-refractivity contribution is 6.31. The Morgan fingerprint density at radius 3 is 2.56 bits per heavy atom. The van der Waals surface area contributed by atoms with E-state index in [2.05, 4.69) is 17.2 Å². The summed E-state index contributed by atoms with van der Waals surface area (Å²) in [5.74, 6) is 5.40. The van der Waals surface area contributed by atoms with Crippen LogP contribution in [0.5, 0.6) is 0 Å². The number of alkyl halides is 3. The zero-order chi connectivity index (χ0) is 12.2. The van der Waals surface area contributed by atoms with Crippen LogP contribution in [0.15, 0.2) is 18.2 Å². The van der Waals surface area contributed by atoms with Crippen LogP contribution in [0, 0.1) is 11.8 Å². The predicted molar refractivity (Wildman–Crippen MR) is 57.3 cm³/mol. The SMILES string of the molecule is CNCC#Cc1ccc(C(F)(F)F)cc1Cl. The van der Waals surface area contributed by atoms with Crippen molar-refractivity contribution in [1.29, 1.82) is 0 Å². The van der Waals surface area contributed by atoms with Gasteiger partial charge in [0.05, 0.1) is 17.1 Å². The molecule has 1 aromatic carbocycles. The molecule has 5 heteroatoms. The number of benzene rings is 1. The standard InChI is InChI=1S/C11H9ClF3N/c1-16-6-2-3-8-4-5-9(7-10(8)12)11(13,14)15/h4-5,7,16H,6H2,1H3. The van der Waals surface area contributed by atoms with E-state index in [0.29, 0.717) is 12.1 Å². The first kappa shape index (κ1) is 12.9. The van der Waals surface area contributed by atoms with Crippen LogP contribution in [-0.2, 0) is 6.18 Å². The minimum absolute atomic E-state index is 0.0124. The van der Waals surface area contributed by atoms with E-state index in [4.69, 9.17) is 11.6 Å². The fourth-order valence-corrected chi connectivity index (χ4v) is 1.25. The number of hydrogen-bond acceptors (Lipinski definition) is 1. The van der Waals surface area contributed by atoms with Crippen LogP contribution in [0.3, 0.4) is 0 Å². The molecule has 1 rings (SSSR count). The molecule has 1 N–H and O–H groups in total. The Kier molecular flexibility index (Phi) is 4.22. The largest absolute Gasteiger partial charge is 0.416 e. The number of halogens is 4. The maximum absolute atomic E-state index is 12.3. The molecule has 0 amide bonds. The molecule has 16 heavy (non-hydrogen) atoms. The first-order valence-electron chi connectivity index (χ1n) is 4.45. The summed E-state index contributed by atoms with van der Waals surface area (Å²) in [5, 5.41) is 2.81. The third-order valence-corrected chi connectivity index (χ3v) is 2.10. The first-order valence-corrected chi connectivity index (χ1v) is 4.83. The van der Waals surface area contributed by atoms with Crippen LogP contribution in [0.25, 0.3) is 0 Å². The van der Waals surface area contributed by atoms with Gasteiger partial charge in [-0.15, -0.1) is 0 Å². The van der Waals surface area contributed by atoms with Crippen molar-refractivity contribution >= 4 is 11.6 Å². The maximum Gasteiger partial charge on any atom is 0.416 e. The van der Waals surface area contributed by atoms with Crippen LogP contribution >= 0.6 is 11.6 Å². The quantitative estimate of drug-likeness (QED) is 0.753. The maximum atomic E-state index is 12.3. The van der Waals surface area contributed by atoms with Crippen LogP contribution in [0.4, 0.5) is 13.2 Å². The summed E-state index contributed by atoms with van der Waals surface area (Å²) in [5.41, 5.74) is -0.374. The molecule has 86 valence electrons. The Labute approximate surface area is 96.6 Å². The summed E-state index contributed by atoms with van der Waals surface area (Å²) in [6.07, 6.45) is -4.37. The summed E-state index contributed by atoms with van der Waals surface area (Å²) >= 11 is 5.69. The molecular formula is C11H9ClF3N. The van der Waals surface area contributed by atoms with E-state index >= 15 is 0 Å². The molecule has 0 radical (unpaired) electrons. The average molecular weight is 248 g/mol. The molecule has 0 aliphatic carbocycles. The Hall–Kier alpha value is -1.18. The molecule has 0 heterocycles. The Bertz CT molecular complexity index is 429. The van der Waals surface area contributed by atoms with Crippen LogP contribution in [0.2, 0.25) is 5.02 Å². The lowest BCUT2D eigenvalue weighted by atomic mass is 10.1. The van der Waals surface area contributed by atoms with Crippen molar-refractivity contribution in [3.05, 3.63) is 34.3 Å². The molecule has 0 bridgehead atoms. The van der Waals surface area contributed by atoms with Crippen molar-refractivity contribution in [3.8, 4) is 11.8 Å². The number of nitrogens with one attached hydrogen (secondary N) is 1. The fourth-order valence-electron chi connectivity index (χ4n) is 1.02. The molecule has 0 spiro atoms. The van der Waals surface area contributed by atoms with Crippen LogP contribution in [-0.4, -0.2) is 13.6 Å². The second-order valence-electron chi connectivity index (χ2n) is 3.02. The molecule has 0 unspecified atom stereocenters. The highest BCUT2D eigenvalue weighted by atomic mass is 35.5. The topological polar surface area (TPSA) is 12.0 Å². The molecule has 0 saturated heterocycles. The zero-order valence-electron chi connectivity index (χ0n) is 8.45. The highest BCUT2D eigenvalue weighted by Gasteiger charge is 2.30. The van der Waals surface area contributed by atoms with Gasteiger partial charge in [-0.25, -0.2) is 0 Å². The number of hydrogen-bond donors (Lipinski definition) is 1. The van der Waals surface area contributed by atoms with Crippen molar-refractivity contribution in [1.82, 2.24) is 5.32 Å². The van der Waals surface area contributed by atoms with Crippen LogP contribution < -0.4 is 5.32 Å². The Morgan fingerprint density at radius 1 is 1.38 bits per heavy atom. The summed E-state index contributed by atoms with van der Waals surface area (Å²) in [7, 11) is 1.73. The second-order valence-corrected chi connectivity index (χ2v) is 3.43. The lowest BCUT2D eigenvalue weighted by Gasteiger charge is -2.07. The smallest absolute Gasteiger partial charge is 0.309 e. The van der Waals surface area contributed by atoms with E-state index in [1.54, 1.807) is 7.05 Å². The van der Waals surface area contributed by atoms with Crippen molar-refractivity contribution in [2.45, 2.75) is 6.18 Å². The molecule has 0 aromatic heterocycles. The van der Waals surface area contributed by atoms with E-state index in [9.17, 15) is 13.2 Å². The molecule has 0 atom stereocenters. The summed E-state index contributed by atoms with van der Waals surface area (Å²) in [6.45, 7) is 0.456. The number of rotatable bonds is 1. The van der Waals surface area contributed by atoms with Gasteiger partial charge in [0.25, 0.3) is 0 Å². The molecule has 0 aliphatic rings. The van der Waals surface area contributed by atoms with Gasteiger partial charge in [-0.2, -0.15) is 13.2 Å². The minimum Gasteiger partial charge on any atom is -0.309 e. The van der Waals surface area contributed by atoms with Gasteiger partial charge in [-0.3, -0.25) is 0 Å². The highest BCUT2D eigenvalue weighted by Crippen LogP contribution is 2.31. The van der Waals surface area contributed by atoms with Gasteiger partial charge < -0.3 is 5.32 Å². The van der Waals surface area contributed by atoms with Gasteiger partial charge in [0, 0.05) is 5.56 Å². The van der Waals surface area contributed by atoms with Gasteiger partial charge >= 0.3 is 6.18 Å². The summed E-state index contributed by atoms with van der Waals surface area (Å²) < 4.78 is 36.9. The zero-order valence-corrected chi connectivity index (χ0v) is 9.21. The minimum atomic E-state index is -4.37. The van der Waals surface area contributed by atoms with Crippen molar-refractivity contribution < 1.29 is 13.2 Å². The van der Waals surface area contributed by atoms with E-state index in [0.717, 1.165) is 12.1 Å². The van der Waals surface area contributed by atoms with Gasteiger partial charge in [0.15, 0.2) is 0 Å². The van der Waals surface area contributed by atoms with Crippen molar-refractivity contribution in [2.24, 2.45) is 0 Å². The molecular weight excluding hydrogens is 239 g/mol. The lowest BCUT2D eigenvalue weighted by Crippen LogP contribution is -2.05. The summed E-state index contributed by atoms with van der Waals surface area (Å²) in [6, 6.07) is 3.12.